The lowest BCUT2D eigenvalue weighted by Crippen LogP contribution is -2.63. The monoisotopic (exact) mass is 228 g/mol. The van der Waals surface area contributed by atoms with Crippen LogP contribution >= 0.6 is 0 Å². The molecule has 0 bridgehead atoms. The van der Waals surface area contributed by atoms with Crippen molar-refractivity contribution in [3.8, 4) is 0 Å². The number of nitrogens with zero attached hydrogens (tertiary/aromatic N) is 2. The zero-order valence-corrected chi connectivity index (χ0v) is 10.3. The predicted octanol–water partition coefficient (Wildman–Crippen LogP) is 0.861. The molecule has 94 valence electrons. The van der Waals surface area contributed by atoms with Crippen molar-refractivity contribution in [2.45, 2.75) is 38.5 Å². The highest BCUT2D eigenvalue weighted by atomic mass is 16.5. The summed E-state index contributed by atoms with van der Waals surface area (Å²) in [5.74, 6) is -0.732. The van der Waals surface area contributed by atoms with E-state index in [1.807, 2.05) is 0 Å². The fourth-order valence-electron chi connectivity index (χ4n) is 2.82. The molecular weight excluding hydrogens is 204 g/mol. The minimum Gasteiger partial charge on any atom is -0.379 e. The molecule has 2 saturated heterocycles. The average molecular weight is 228 g/mol. The maximum atomic E-state index is 10.9. The molecule has 0 aliphatic carbocycles. The molecule has 0 saturated carbocycles. The fourth-order valence-corrected chi connectivity index (χ4v) is 2.82. The first-order valence-corrected chi connectivity index (χ1v) is 6.57. The van der Waals surface area contributed by atoms with Crippen LogP contribution < -0.4 is 0 Å². The molecule has 2 rings (SSSR count). The summed E-state index contributed by atoms with van der Waals surface area (Å²) in [6.07, 6.45) is 4.51. The molecule has 0 amide bonds. The van der Waals surface area contributed by atoms with Gasteiger partial charge in [0.25, 0.3) is 0 Å². The molecule has 0 radical (unpaired) electrons. The van der Waals surface area contributed by atoms with Gasteiger partial charge in [-0.2, -0.15) is 0 Å². The number of morpholine rings is 1. The Bertz CT molecular complexity index is 193. The van der Waals surface area contributed by atoms with Gasteiger partial charge in [0.05, 0.1) is 13.2 Å². The minimum atomic E-state index is -0.732. The summed E-state index contributed by atoms with van der Waals surface area (Å²) >= 11 is 0. The van der Waals surface area contributed by atoms with Crippen molar-refractivity contribution in [3.05, 3.63) is 0 Å². The summed E-state index contributed by atoms with van der Waals surface area (Å²) in [6.45, 7) is 7.32. The van der Waals surface area contributed by atoms with E-state index in [-0.39, 0.29) is 0 Å². The lowest BCUT2D eigenvalue weighted by atomic mass is 10.1. The predicted molar refractivity (Wildman–Crippen MR) is 63.1 cm³/mol. The van der Waals surface area contributed by atoms with Crippen LogP contribution in [0.4, 0.5) is 0 Å². The average Bonchev–Trinajstić information content (AvgIpc) is 2.40. The number of hydrogen-bond acceptors (Lipinski definition) is 4. The van der Waals surface area contributed by atoms with Gasteiger partial charge >= 0.3 is 0 Å². The molecule has 0 aromatic rings. The van der Waals surface area contributed by atoms with E-state index in [1.165, 1.54) is 19.3 Å². The highest BCUT2D eigenvalue weighted by Gasteiger charge is 2.39. The number of aliphatic hydroxyl groups is 1. The second kappa shape index (κ2) is 5.45. The van der Waals surface area contributed by atoms with E-state index < -0.39 is 5.85 Å². The lowest BCUT2D eigenvalue weighted by Gasteiger charge is -2.49. The lowest BCUT2D eigenvalue weighted by molar-refractivity contribution is -0.237. The normalized spacial score (nSPS) is 28.9. The van der Waals surface area contributed by atoms with Gasteiger partial charge in [0, 0.05) is 32.6 Å². The summed E-state index contributed by atoms with van der Waals surface area (Å²) in [5, 5.41) is 10.9. The summed E-state index contributed by atoms with van der Waals surface area (Å²) in [4.78, 5) is 4.43. The quantitative estimate of drug-likeness (QED) is 0.777. The summed E-state index contributed by atoms with van der Waals surface area (Å²) in [6, 6.07) is 0. The second-order valence-electron chi connectivity index (χ2n) is 4.78. The molecule has 16 heavy (non-hydrogen) atoms. The molecule has 2 fully saturated rings. The molecule has 2 aliphatic heterocycles. The number of piperidine rings is 1. The SMILES string of the molecule is CCC(O)(N1CCCCC1)N1CCOCC1. The van der Waals surface area contributed by atoms with E-state index in [1.54, 1.807) is 0 Å². The van der Waals surface area contributed by atoms with Crippen LogP contribution in [0.2, 0.25) is 0 Å². The molecule has 4 nitrogen and oxygen atoms in total. The van der Waals surface area contributed by atoms with E-state index in [0.717, 1.165) is 45.8 Å². The third-order valence-corrected chi connectivity index (χ3v) is 3.85. The zero-order valence-electron chi connectivity index (χ0n) is 10.3. The molecule has 4 heteroatoms. The van der Waals surface area contributed by atoms with Gasteiger partial charge in [-0.1, -0.05) is 13.3 Å². The van der Waals surface area contributed by atoms with Crippen LogP contribution in [0.25, 0.3) is 0 Å². The van der Waals surface area contributed by atoms with Gasteiger partial charge in [-0.25, -0.2) is 0 Å². The molecular formula is C12H24N2O2. The van der Waals surface area contributed by atoms with Crippen LogP contribution in [0, 0.1) is 0 Å². The fraction of sp³-hybridized carbons (Fsp3) is 1.00. The van der Waals surface area contributed by atoms with Crippen molar-refractivity contribution in [1.29, 1.82) is 0 Å². The standard InChI is InChI=1S/C12H24N2O2/c1-2-12(15,13-6-4-3-5-7-13)14-8-10-16-11-9-14/h15H,2-11H2,1H3. The van der Waals surface area contributed by atoms with E-state index in [9.17, 15) is 5.11 Å². The Morgan fingerprint density at radius 1 is 1.00 bits per heavy atom. The first-order valence-electron chi connectivity index (χ1n) is 6.57. The molecule has 1 atom stereocenters. The maximum absolute atomic E-state index is 10.9. The van der Waals surface area contributed by atoms with Crippen LogP contribution in [0.1, 0.15) is 32.6 Å². The van der Waals surface area contributed by atoms with Crippen molar-refractivity contribution >= 4 is 0 Å². The Balaban J connectivity index is 2.03. The summed E-state index contributed by atoms with van der Waals surface area (Å²) < 4.78 is 5.36. The molecule has 0 aromatic carbocycles. The first-order chi connectivity index (χ1) is 7.77. The van der Waals surface area contributed by atoms with Gasteiger partial charge in [-0.3, -0.25) is 9.80 Å². The summed E-state index contributed by atoms with van der Waals surface area (Å²) in [5.41, 5.74) is 0. The largest absolute Gasteiger partial charge is 0.379 e. The van der Waals surface area contributed by atoms with Gasteiger partial charge in [-0.05, 0) is 12.8 Å². The number of hydrogen-bond donors (Lipinski definition) is 1. The van der Waals surface area contributed by atoms with E-state index in [4.69, 9.17) is 4.74 Å². The van der Waals surface area contributed by atoms with Gasteiger partial charge < -0.3 is 9.84 Å². The minimum absolute atomic E-state index is 0.732. The Morgan fingerprint density at radius 2 is 1.56 bits per heavy atom. The Kier molecular flexibility index (Phi) is 4.19. The van der Waals surface area contributed by atoms with Crippen molar-refractivity contribution in [2.24, 2.45) is 0 Å². The molecule has 2 heterocycles. The third kappa shape index (κ3) is 2.40. The van der Waals surface area contributed by atoms with Gasteiger partial charge in [-0.15, -0.1) is 0 Å². The highest BCUT2D eigenvalue weighted by Crippen LogP contribution is 2.26. The van der Waals surface area contributed by atoms with Crippen LogP contribution in [-0.2, 0) is 4.74 Å². The van der Waals surface area contributed by atoms with Crippen molar-refractivity contribution in [3.63, 3.8) is 0 Å². The van der Waals surface area contributed by atoms with Crippen LogP contribution in [0.15, 0.2) is 0 Å². The highest BCUT2D eigenvalue weighted by molar-refractivity contribution is 4.83. The number of ether oxygens (including phenoxy) is 1. The zero-order chi connectivity index (χ0) is 11.4. The van der Waals surface area contributed by atoms with Crippen LogP contribution in [-0.4, -0.2) is 60.1 Å². The molecule has 1 unspecified atom stereocenters. The van der Waals surface area contributed by atoms with E-state index in [2.05, 4.69) is 16.7 Å². The molecule has 0 spiro atoms. The molecule has 0 aromatic heterocycles. The topological polar surface area (TPSA) is 35.9 Å². The van der Waals surface area contributed by atoms with Gasteiger partial charge in [0.15, 0.2) is 5.85 Å². The summed E-state index contributed by atoms with van der Waals surface area (Å²) in [7, 11) is 0. The molecule has 2 aliphatic rings. The maximum Gasteiger partial charge on any atom is 0.176 e. The van der Waals surface area contributed by atoms with Gasteiger partial charge in [0.2, 0.25) is 0 Å². The Labute approximate surface area is 98.2 Å². The van der Waals surface area contributed by atoms with Crippen LogP contribution in [0.3, 0.4) is 0 Å². The Morgan fingerprint density at radius 3 is 2.12 bits per heavy atom. The first kappa shape index (κ1) is 12.3. The van der Waals surface area contributed by atoms with E-state index in [0.29, 0.717) is 0 Å². The third-order valence-electron chi connectivity index (χ3n) is 3.85. The van der Waals surface area contributed by atoms with Crippen molar-refractivity contribution < 1.29 is 9.84 Å². The van der Waals surface area contributed by atoms with Crippen LogP contribution in [0.5, 0.6) is 0 Å². The number of likely N-dealkylation sites (tertiary alicyclic amines) is 1. The Hall–Kier alpha value is -0.160. The smallest absolute Gasteiger partial charge is 0.176 e. The van der Waals surface area contributed by atoms with Crippen molar-refractivity contribution in [1.82, 2.24) is 9.80 Å². The second-order valence-corrected chi connectivity index (χ2v) is 4.78. The van der Waals surface area contributed by atoms with Gasteiger partial charge in [0.1, 0.15) is 0 Å². The van der Waals surface area contributed by atoms with Crippen molar-refractivity contribution in [2.75, 3.05) is 39.4 Å². The molecule has 1 N–H and O–H groups in total. The number of rotatable bonds is 3. The van der Waals surface area contributed by atoms with E-state index >= 15 is 0 Å².